The third-order valence-corrected chi connectivity index (χ3v) is 3.34. The molecule has 1 aliphatic carbocycles. The largest absolute Gasteiger partial charge is 0.338 e. The van der Waals surface area contributed by atoms with E-state index in [1.54, 1.807) is 6.33 Å². The van der Waals surface area contributed by atoms with Crippen molar-refractivity contribution in [3.8, 4) is 0 Å². The van der Waals surface area contributed by atoms with Crippen LogP contribution in [0.1, 0.15) is 39.3 Å². The molecule has 0 unspecified atom stereocenters. The van der Waals surface area contributed by atoms with Gasteiger partial charge in [0.25, 0.3) is 0 Å². The van der Waals surface area contributed by atoms with Crippen molar-refractivity contribution in [3.05, 3.63) is 18.2 Å². The first-order valence-electron chi connectivity index (χ1n) is 7.13. The van der Waals surface area contributed by atoms with E-state index in [0.29, 0.717) is 18.6 Å². The van der Waals surface area contributed by atoms with Gasteiger partial charge in [0.2, 0.25) is 5.91 Å². The first-order valence-corrected chi connectivity index (χ1v) is 7.13. The number of hydrogen-bond donors (Lipinski definition) is 1. The van der Waals surface area contributed by atoms with Gasteiger partial charge in [-0.2, -0.15) is 0 Å². The molecule has 1 aliphatic rings. The molecule has 0 spiro atoms. The number of imidazole rings is 1. The fourth-order valence-corrected chi connectivity index (χ4v) is 2.16. The highest BCUT2D eigenvalue weighted by molar-refractivity contribution is 5.76. The summed E-state index contributed by atoms with van der Waals surface area (Å²) in [6.45, 7) is 8.21. The minimum atomic E-state index is 0.200. The lowest BCUT2D eigenvalue weighted by Gasteiger charge is -2.20. The average Bonchev–Trinajstić information content (AvgIpc) is 3.08. The summed E-state index contributed by atoms with van der Waals surface area (Å²) in [5.41, 5.74) is 0.982. The molecule has 0 bridgehead atoms. The molecular formula is C14H24N4O. The molecular weight excluding hydrogens is 240 g/mol. The first kappa shape index (κ1) is 14.1. The Balaban J connectivity index is 1.86. The lowest BCUT2D eigenvalue weighted by Crippen LogP contribution is -2.35. The van der Waals surface area contributed by atoms with E-state index in [9.17, 15) is 4.79 Å². The zero-order valence-electron chi connectivity index (χ0n) is 12.1. The highest BCUT2D eigenvalue weighted by Crippen LogP contribution is 2.26. The summed E-state index contributed by atoms with van der Waals surface area (Å²) in [7, 11) is 0. The number of nitrogens with zero attached hydrogens (tertiary/aromatic N) is 3. The van der Waals surface area contributed by atoms with Crippen molar-refractivity contribution in [3.63, 3.8) is 0 Å². The smallest absolute Gasteiger partial charge is 0.242 e. The van der Waals surface area contributed by atoms with Gasteiger partial charge in [-0.15, -0.1) is 0 Å². The lowest BCUT2D eigenvalue weighted by molar-refractivity contribution is -0.132. The molecule has 2 rings (SSSR count). The predicted octanol–water partition coefficient (Wildman–Crippen LogP) is 1.39. The fourth-order valence-electron chi connectivity index (χ4n) is 2.16. The van der Waals surface area contributed by atoms with Gasteiger partial charge in [0, 0.05) is 31.4 Å². The molecule has 1 aromatic rings. The quantitative estimate of drug-likeness (QED) is 0.809. The number of rotatable bonds is 7. The number of likely N-dealkylation sites (N-methyl/N-ethyl adjacent to an activating group) is 1. The molecule has 1 heterocycles. The zero-order valence-corrected chi connectivity index (χ0v) is 12.1. The number of aromatic nitrogens is 2. The van der Waals surface area contributed by atoms with Crippen molar-refractivity contribution < 1.29 is 4.79 Å². The van der Waals surface area contributed by atoms with Crippen LogP contribution in [0.25, 0.3) is 0 Å². The summed E-state index contributed by atoms with van der Waals surface area (Å²) < 4.78 is 1.88. The molecule has 0 aromatic carbocycles. The second-order valence-electron chi connectivity index (χ2n) is 5.48. The molecule has 1 aromatic heterocycles. The molecule has 19 heavy (non-hydrogen) atoms. The van der Waals surface area contributed by atoms with Gasteiger partial charge in [-0.3, -0.25) is 4.79 Å². The number of nitrogens with one attached hydrogen (secondary N) is 1. The molecule has 0 aliphatic heterocycles. The third-order valence-electron chi connectivity index (χ3n) is 3.34. The van der Waals surface area contributed by atoms with Crippen LogP contribution < -0.4 is 5.32 Å². The summed E-state index contributed by atoms with van der Waals surface area (Å²) in [5, 5.41) is 3.32. The van der Waals surface area contributed by atoms with Gasteiger partial charge in [-0.1, -0.05) is 13.8 Å². The van der Waals surface area contributed by atoms with Gasteiger partial charge in [0.15, 0.2) is 0 Å². The van der Waals surface area contributed by atoms with Crippen LogP contribution in [0.2, 0.25) is 0 Å². The second-order valence-corrected chi connectivity index (χ2v) is 5.48. The molecule has 1 N–H and O–H groups in total. The van der Waals surface area contributed by atoms with E-state index in [4.69, 9.17) is 0 Å². The first-order chi connectivity index (χ1) is 9.10. The van der Waals surface area contributed by atoms with Crippen molar-refractivity contribution in [2.45, 2.75) is 58.8 Å². The van der Waals surface area contributed by atoms with Crippen molar-refractivity contribution in [2.75, 3.05) is 6.54 Å². The minimum Gasteiger partial charge on any atom is -0.338 e. The highest BCUT2D eigenvalue weighted by Gasteiger charge is 2.31. The molecule has 5 heteroatoms. The van der Waals surface area contributed by atoms with Crippen molar-refractivity contribution in [1.82, 2.24) is 19.8 Å². The summed E-state index contributed by atoms with van der Waals surface area (Å²) in [4.78, 5) is 18.5. The predicted molar refractivity (Wildman–Crippen MR) is 74.6 cm³/mol. The summed E-state index contributed by atoms with van der Waals surface area (Å²) in [6, 6.07) is 0.931. The standard InChI is InChI=1S/C14H24N4O/c1-4-18(13-5-6-13)14(19)9-17-8-12(16-10-17)7-15-11(2)3/h8,10-11,13,15H,4-7,9H2,1-3H3. The SMILES string of the molecule is CCN(C(=O)Cn1cnc(CNC(C)C)c1)C1CC1. The average molecular weight is 264 g/mol. The van der Waals surface area contributed by atoms with Crippen LogP contribution in [-0.4, -0.2) is 39.0 Å². The Morgan fingerprint density at radius 2 is 2.32 bits per heavy atom. The molecule has 0 radical (unpaired) electrons. The molecule has 0 atom stereocenters. The monoisotopic (exact) mass is 264 g/mol. The van der Waals surface area contributed by atoms with Gasteiger partial charge in [0.1, 0.15) is 6.54 Å². The summed E-state index contributed by atoms with van der Waals surface area (Å²) >= 11 is 0. The summed E-state index contributed by atoms with van der Waals surface area (Å²) in [6.07, 6.45) is 6.02. The van der Waals surface area contributed by atoms with E-state index < -0.39 is 0 Å². The van der Waals surface area contributed by atoms with E-state index in [-0.39, 0.29) is 5.91 Å². The molecule has 0 saturated heterocycles. The van der Waals surface area contributed by atoms with Crippen LogP contribution >= 0.6 is 0 Å². The molecule has 1 saturated carbocycles. The van der Waals surface area contributed by atoms with E-state index in [1.807, 2.05) is 22.6 Å². The molecule has 106 valence electrons. The van der Waals surface area contributed by atoms with Crippen molar-refractivity contribution >= 4 is 5.91 Å². The van der Waals surface area contributed by atoms with Gasteiger partial charge < -0.3 is 14.8 Å². The lowest BCUT2D eigenvalue weighted by atomic mass is 10.3. The van der Waals surface area contributed by atoms with Crippen LogP contribution in [0, 0.1) is 0 Å². The Labute approximate surface area is 115 Å². The maximum absolute atomic E-state index is 12.2. The Bertz CT molecular complexity index is 423. The molecule has 1 fully saturated rings. The minimum absolute atomic E-state index is 0.200. The van der Waals surface area contributed by atoms with Crippen molar-refractivity contribution in [1.29, 1.82) is 0 Å². The van der Waals surface area contributed by atoms with Gasteiger partial charge in [-0.25, -0.2) is 4.98 Å². The van der Waals surface area contributed by atoms with E-state index in [1.165, 1.54) is 0 Å². The van der Waals surface area contributed by atoms with Crippen LogP contribution in [0.15, 0.2) is 12.5 Å². The molecule has 5 nitrogen and oxygen atoms in total. The van der Waals surface area contributed by atoms with Crippen LogP contribution in [0.4, 0.5) is 0 Å². The summed E-state index contributed by atoms with van der Waals surface area (Å²) in [5.74, 6) is 0.200. The second kappa shape index (κ2) is 6.19. The Kier molecular flexibility index (Phi) is 4.58. The maximum Gasteiger partial charge on any atom is 0.242 e. The normalized spacial score (nSPS) is 14.9. The number of carbonyl (C=O) groups is 1. The number of carbonyl (C=O) groups excluding carboxylic acids is 1. The van der Waals surface area contributed by atoms with Crippen LogP contribution in [0.5, 0.6) is 0 Å². The maximum atomic E-state index is 12.2. The highest BCUT2D eigenvalue weighted by atomic mass is 16.2. The fraction of sp³-hybridized carbons (Fsp3) is 0.714. The van der Waals surface area contributed by atoms with Crippen LogP contribution in [0.3, 0.4) is 0 Å². The van der Waals surface area contributed by atoms with Crippen molar-refractivity contribution in [2.24, 2.45) is 0 Å². The Hall–Kier alpha value is -1.36. The van der Waals surface area contributed by atoms with E-state index in [0.717, 1.165) is 31.6 Å². The topological polar surface area (TPSA) is 50.2 Å². The van der Waals surface area contributed by atoms with Crippen LogP contribution in [-0.2, 0) is 17.9 Å². The van der Waals surface area contributed by atoms with Gasteiger partial charge in [0.05, 0.1) is 12.0 Å². The van der Waals surface area contributed by atoms with E-state index >= 15 is 0 Å². The number of hydrogen-bond acceptors (Lipinski definition) is 3. The number of amides is 1. The third kappa shape index (κ3) is 4.06. The zero-order chi connectivity index (χ0) is 13.8. The Morgan fingerprint density at radius 1 is 1.58 bits per heavy atom. The van der Waals surface area contributed by atoms with Gasteiger partial charge >= 0.3 is 0 Å². The molecule has 1 amide bonds. The van der Waals surface area contributed by atoms with E-state index in [2.05, 4.69) is 24.1 Å². The van der Waals surface area contributed by atoms with Gasteiger partial charge in [-0.05, 0) is 19.8 Å². The Morgan fingerprint density at radius 3 is 2.89 bits per heavy atom.